The molecule has 0 spiro atoms. The van der Waals surface area contributed by atoms with E-state index < -0.39 is 0 Å². The smallest absolute Gasteiger partial charge is 0.277 e. The van der Waals surface area contributed by atoms with Crippen molar-refractivity contribution in [3.05, 3.63) is 76.3 Å². The number of thiazole rings is 2. The third-order valence-corrected chi connectivity index (χ3v) is 6.72. The summed E-state index contributed by atoms with van der Waals surface area (Å²) in [6, 6.07) is 10.3. The van der Waals surface area contributed by atoms with Gasteiger partial charge in [-0.25, -0.2) is 15.0 Å². The molecule has 9 heteroatoms. The number of fused-ring (bicyclic) bond motifs is 1. The van der Waals surface area contributed by atoms with E-state index in [2.05, 4.69) is 42.7 Å². The number of amides is 1. The fourth-order valence-corrected chi connectivity index (χ4v) is 5.20. The van der Waals surface area contributed by atoms with E-state index in [-0.39, 0.29) is 11.6 Å². The number of aromatic nitrogens is 4. The summed E-state index contributed by atoms with van der Waals surface area (Å²) in [5.41, 5.74) is 3.59. The second-order valence-electron chi connectivity index (χ2n) is 6.90. The molecule has 4 heterocycles. The SMILES string of the molecule is O=C(Nc1nc2c(s1)CN(Cc1csc(-c3ccccc3)n1)CC2)c1cnccn1. The van der Waals surface area contributed by atoms with Crippen molar-refractivity contribution in [2.24, 2.45) is 0 Å². The Bertz CT molecular complexity index is 1160. The first-order valence-electron chi connectivity index (χ1n) is 9.53. The number of hydrogen-bond donors (Lipinski definition) is 1. The van der Waals surface area contributed by atoms with Gasteiger partial charge in [0.1, 0.15) is 10.7 Å². The second-order valence-corrected chi connectivity index (χ2v) is 8.85. The molecule has 1 aromatic carbocycles. The van der Waals surface area contributed by atoms with E-state index in [0.717, 1.165) is 48.0 Å². The first kappa shape index (κ1) is 19.0. The average Bonchev–Trinajstić information content (AvgIpc) is 3.41. The Kier molecular flexibility index (Phi) is 5.31. The van der Waals surface area contributed by atoms with E-state index in [1.54, 1.807) is 17.5 Å². The number of rotatable bonds is 5. The highest BCUT2D eigenvalue weighted by Gasteiger charge is 2.22. The van der Waals surface area contributed by atoms with Gasteiger partial charge in [0.2, 0.25) is 0 Å². The summed E-state index contributed by atoms with van der Waals surface area (Å²) in [6.07, 6.45) is 5.35. The monoisotopic (exact) mass is 434 g/mol. The molecule has 0 saturated carbocycles. The van der Waals surface area contributed by atoms with Crippen molar-refractivity contribution in [2.45, 2.75) is 19.5 Å². The minimum atomic E-state index is -0.290. The van der Waals surface area contributed by atoms with Crippen LogP contribution in [0.5, 0.6) is 0 Å². The standard InChI is InChI=1S/C21H18N6OS2/c28-19(17-10-22-7-8-23-17)26-21-25-16-6-9-27(12-18(16)30-21)11-15-13-29-20(24-15)14-4-2-1-3-5-14/h1-5,7-8,10,13H,6,9,11-12H2,(H,25,26,28). The minimum absolute atomic E-state index is 0.282. The Labute approximate surface area is 181 Å². The zero-order chi connectivity index (χ0) is 20.3. The van der Waals surface area contributed by atoms with E-state index in [1.165, 1.54) is 28.6 Å². The van der Waals surface area contributed by atoms with Gasteiger partial charge in [-0.05, 0) is 0 Å². The molecule has 7 nitrogen and oxygen atoms in total. The molecule has 0 saturated heterocycles. The largest absolute Gasteiger partial charge is 0.296 e. The van der Waals surface area contributed by atoms with Crippen molar-refractivity contribution in [3.8, 4) is 10.6 Å². The Hall–Kier alpha value is -3.01. The number of nitrogens with one attached hydrogen (secondary N) is 1. The van der Waals surface area contributed by atoms with Gasteiger partial charge in [0, 0.05) is 54.3 Å². The molecule has 0 unspecified atom stereocenters. The van der Waals surface area contributed by atoms with Gasteiger partial charge in [-0.2, -0.15) is 0 Å². The molecule has 0 fully saturated rings. The lowest BCUT2D eigenvalue weighted by atomic mass is 10.2. The van der Waals surface area contributed by atoms with E-state index in [0.29, 0.717) is 5.13 Å². The topological polar surface area (TPSA) is 83.9 Å². The average molecular weight is 435 g/mol. The molecule has 150 valence electrons. The van der Waals surface area contributed by atoms with Gasteiger partial charge in [-0.3, -0.25) is 20.0 Å². The van der Waals surface area contributed by atoms with Crippen molar-refractivity contribution in [1.82, 2.24) is 24.8 Å². The van der Waals surface area contributed by atoms with Gasteiger partial charge in [0.05, 0.1) is 17.6 Å². The molecule has 0 atom stereocenters. The van der Waals surface area contributed by atoms with Crippen LogP contribution in [0.2, 0.25) is 0 Å². The molecule has 1 amide bonds. The molecular weight excluding hydrogens is 416 g/mol. The summed E-state index contributed by atoms with van der Waals surface area (Å²) in [5, 5.41) is 6.63. The third kappa shape index (κ3) is 4.13. The summed E-state index contributed by atoms with van der Waals surface area (Å²) >= 11 is 3.20. The van der Waals surface area contributed by atoms with Crippen LogP contribution in [-0.2, 0) is 19.5 Å². The quantitative estimate of drug-likeness (QED) is 0.513. The molecule has 0 aliphatic carbocycles. The molecule has 0 bridgehead atoms. The Morgan fingerprint density at radius 2 is 2.07 bits per heavy atom. The molecule has 3 aromatic heterocycles. The molecule has 5 rings (SSSR count). The van der Waals surface area contributed by atoms with Gasteiger partial charge in [0.25, 0.3) is 5.91 Å². The zero-order valence-corrected chi connectivity index (χ0v) is 17.6. The van der Waals surface area contributed by atoms with Crippen LogP contribution in [0.4, 0.5) is 5.13 Å². The number of carbonyl (C=O) groups is 1. The zero-order valence-electron chi connectivity index (χ0n) is 16.0. The van der Waals surface area contributed by atoms with Gasteiger partial charge in [0.15, 0.2) is 5.13 Å². The summed E-state index contributed by atoms with van der Waals surface area (Å²) in [4.78, 5) is 33.2. The van der Waals surface area contributed by atoms with E-state index in [9.17, 15) is 4.79 Å². The maximum Gasteiger partial charge on any atom is 0.277 e. The Morgan fingerprint density at radius 1 is 1.17 bits per heavy atom. The molecule has 4 aromatic rings. The van der Waals surface area contributed by atoms with E-state index >= 15 is 0 Å². The normalized spacial score (nSPS) is 13.7. The molecule has 1 N–H and O–H groups in total. The molecular formula is C21H18N6OS2. The fraction of sp³-hybridized carbons (Fsp3) is 0.190. The maximum atomic E-state index is 12.3. The molecule has 1 aliphatic heterocycles. The van der Waals surface area contributed by atoms with Crippen molar-refractivity contribution in [1.29, 1.82) is 0 Å². The lowest BCUT2D eigenvalue weighted by Crippen LogP contribution is -2.29. The predicted molar refractivity (Wildman–Crippen MR) is 117 cm³/mol. The molecule has 0 radical (unpaired) electrons. The van der Waals surface area contributed by atoms with Crippen LogP contribution in [0.25, 0.3) is 10.6 Å². The van der Waals surface area contributed by atoms with Crippen molar-refractivity contribution < 1.29 is 4.79 Å². The van der Waals surface area contributed by atoms with Crippen LogP contribution in [0, 0.1) is 0 Å². The van der Waals surface area contributed by atoms with E-state index in [1.807, 2.05) is 18.2 Å². The first-order valence-corrected chi connectivity index (χ1v) is 11.2. The fourth-order valence-electron chi connectivity index (χ4n) is 3.34. The number of hydrogen-bond acceptors (Lipinski definition) is 8. The van der Waals surface area contributed by atoms with Crippen LogP contribution in [0.15, 0.2) is 54.3 Å². The molecule has 30 heavy (non-hydrogen) atoms. The predicted octanol–water partition coefficient (Wildman–Crippen LogP) is 3.87. The highest BCUT2D eigenvalue weighted by molar-refractivity contribution is 7.16. The lowest BCUT2D eigenvalue weighted by molar-refractivity contribution is 0.102. The van der Waals surface area contributed by atoms with Gasteiger partial charge < -0.3 is 0 Å². The highest BCUT2D eigenvalue weighted by Crippen LogP contribution is 2.30. The summed E-state index contributed by atoms with van der Waals surface area (Å²) in [7, 11) is 0. The number of carbonyl (C=O) groups excluding carboxylic acids is 1. The summed E-state index contributed by atoms with van der Waals surface area (Å²) in [6.45, 7) is 2.54. The minimum Gasteiger partial charge on any atom is -0.296 e. The van der Waals surface area contributed by atoms with Crippen LogP contribution in [0.1, 0.15) is 26.8 Å². The van der Waals surface area contributed by atoms with Crippen LogP contribution < -0.4 is 5.32 Å². The molecule has 1 aliphatic rings. The van der Waals surface area contributed by atoms with Gasteiger partial charge in [-0.15, -0.1) is 22.7 Å². The van der Waals surface area contributed by atoms with Crippen LogP contribution in [-0.4, -0.2) is 37.3 Å². The highest BCUT2D eigenvalue weighted by atomic mass is 32.1. The van der Waals surface area contributed by atoms with E-state index in [4.69, 9.17) is 4.98 Å². The summed E-state index contributed by atoms with van der Waals surface area (Å²) in [5.74, 6) is -0.290. The second kappa shape index (κ2) is 8.39. The first-order chi connectivity index (χ1) is 14.7. The maximum absolute atomic E-state index is 12.3. The van der Waals surface area contributed by atoms with Crippen molar-refractivity contribution in [3.63, 3.8) is 0 Å². The Balaban J connectivity index is 1.24. The van der Waals surface area contributed by atoms with Crippen LogP contribution >= 0.6 is 22.7 Å². The number of nitrogens with zero attached hydrogens (tertiary/aromatic N) is 5. The van der Waals surface area contributed by atoms with Crippen molar-refractivity contribution >= 4 is 33.7 Å². The Morgan fingerprint density at radius 3 is 2.90 bits per heavy atom. The number of benzene rings is 1. The number of anilines is 1. The van der Waals surface area contributed by atoms with Gasteiger partial charge >= 0.3 is 0 Å². The van der Waals surface area contributed by atoms with Crippen molar-refractivity contribution in [2.75, 3.05) is 11.9 Å². The third-order valence-electron chi connectivity index (χ3n) is 4.78. The van der Waals surface area contributed by atoms with Crippen LogP contribution in [0.3, 0.4) is 0 Å². The summed E-state index contributed by atoms with van der Waals surface area (Å²) < 4.78 is 0. The van der Waals surface area contributed by atoms with Gasteiger partial charge in [-0.1, -0.05) is 30.3 Å². The lowest BCUT2D eigenvalue weighted by Gasteiger charge is -2.24.